The van der Waals surface area contributed by atoms with Crippen molar-refractivity contribution in [1.29, 1.82) is 0 Å². The highest BCUT2D eigenvalue weighted by atomic mass is 35.5. The van der Waals surface area contributed by atoms with Gasteiger partial charge in [0.2, 0.25) is 0 Å². The second-order valence-corrected chi connectivity index (χ2v) is 8.97. The zero-order valence-corrected chi connectivity index (χ0v) is 18.0. The van der Waals surface area contributed by atoms with Crippen LogP contribution in [0.3, 0.4) is 0 Å². The number of piperidine rings is 1. The third-order valence-corrected chi connectivity index (χ3v) is 6.63. The van der Waals surface area contributed by atoms with E-state index in [1.54, 1.807) is 12.1 Å². The van der Waals surface area contributed by atoms with Crippen molar-refractivity contribution < 1.29 is 4.74 Å². The summed E-state index contributed by atoms with van der Waals surface area (Å²) in [5.74, 6) is 1.37. The molecule has 0 amide bonds. The van der Waals surface area contributed by atoms with E-state index < -0.39 is 0 Å². The van der Waals surface area contributed by atoms with E-state index in [1.165, 1.54) is 16.7 Å². The maximum absolute atomic E-state index is 6.56. The number of halogens is 3. The topological polar surface area (TPSA) is 21.3 Å². The molecule has 2 nitrogen and oxygen atoms in total. The normalized spacial score (nSPS) is 20.1. The fraction of sp³-hybridized carbons (Fsp3) is 0.250. The first-order chi connectivity index (χ1) is 14.1. The Kier molecular flexibility index (Phi) is 5.21. The molecule has 2 atom stereocenters. The lowest BCUT2D eigenvalue weighted by Gasteiger charge is -2.25. The molecule has 5 heteroatoms. The van der Waals surface area contributed by atoms with Crippen LogP contribution in [0.15, 0.2) is 54.6 Å². The molecule has 0 aliphatic carbocycles. The molecular weight excluding hydrogens is 425 g/mol. The number of hydrogen-bond donors (Lipinski definition) is 1. The minimum absolute atomic E-state index is 0.229. The van der Waals surface area contributed by atoms with Gasteiger partial charge in [0.15, 0.2) is 0 Å². The fourth-order valence-corrected chi connectivity index (χ4v) is 5.51. The van der Waals surface area contributed by atoms with Gasteiger partial charge in [0, 0.05) is 35.0 Å². The maximum atomic E-state index is 6.56. The standard InChI is InChI=1S/C24H20Cl3NO/c25-17-11-20(26)23(21(27)12-17)15-9-16(8-14-4-2-1-3-5-14)24-18(10-15)19-13-28-7-6-22(19)29-24/h1-5,9-12,19,22,28H,6-8,13H2/t19-,22-/m0/s1. The Balaban J connectivity index is 1.67. The average molecular weight is 445 g/mol. The van der Waals surface area contributed by atoms with Crippen LogP contribution in [-0.2, 0) is 6.42 Å². The van der Waals surface area contributed by atoms with Gasteiger partial charge in [-0.05, 0) is 53.9 Å². The van der Waals surface area contributed by atoms with Gasteiger partial charge in [0.25, 0.3) is 0 Å². The molecule has 3 aromatic rings. The Morgan fingerprint density at radius 1 is 0.966 bits per heavy atom. The summed E-state index contributed by atoms with van der Waals surface area (Å²) in [5, 5.41) is 5.16. The van der Waals surface area contributed by atoms with E-state index in [2.05, 4.69) is 41.7 Å². The van der Waals surface area contributed by atoms with E-state index in [4.69, 9.17) is 39.5 Å². The lowest BCUT2D eigenvalue weighted by Crippen LogP contribution is -2.37. The Bertz CT molecular complexity index is 1040. The molecule has 1 saturated heterocycles. The van der Waals surface area contributed by atoms with E-state index in [0.29, 0.717) is 21.0 Å². The van der Waals surface area contributed by atoms with Crippen LogP contribution in [-0.4, -0.2) is 19.2 Å². The molecule has 0 bridgehead atoms. The van der Waals surface area contributed by atoms with Crippen LogP contribution in [0.1, 0.15) is 29.0 Å². The van der Waals surface area contributed by atoms with Crippen molar-refractivity contribution in [2.24, 2.45) is 0 Å². The molecule has 148 valence electrons. The molecule has 1 N–H and O–H groups in total. The molecule has 2 heterocycles. The maximum Gasteiger partial charge on any atom is 0.126 e. The van der Waals surface area contributed by atoms with Gasteiger partial charge in [-0.15, -0.1) is 0 Å². The number of benzene rings is 3. The lowest BCUT2D eigenvalue weighted by molar-refractivity contribution is 0.171. The second kappa shape index (κ2) is 7.85. The van der Waals surface area contributed by atoms with Gasteiger partial charge >= 0.3 is 0 Å². The highest BCUT2D eigenvalue weighted by molar-refractivity contribution is 6.41. The number of fused-ring (bicyclic) bond motifs is 3. The van der Waals surface area contributed by atoms with Gasteiger partial charge < -0.3 is 10.1 Å². The first-order valence-corrected chi connectivity index (χ1v) is 11.0. The Morgan fingerprint density at radius 3 is 2.48 bits per heavy atom. The van der Waals surface area contributed by atoms with Gasteiger partial charge in [0.1, 0.15) is 11.9 Å². The van der Waals surface area contributed by atoms with Crippen LogP contribution in [0.5, 0.6) is 5.75 Å². The minimum atomic E-state index is 0.229. The predicted molar refractivity (Wildman–Crippen MR) is 121 cm³/mol. The predicted octanol–water partition coefficient (Wildman–Crippen LogP) is 6.74. The van der Waals surface area contributed by atoms with Crippen molar-refractivity contribution in [3.05, 3.63) is 86.4 Å². The summed E-state index contributed by atoms with van der Waals surface area (Å²) in [5.41, 5.74) is 5.49. The molecule has 0 spiro atoms. The molecule has 0 unspecified atom stereocenters. The van der Waals surface area contributed by atoms with Crippen LogP contribution in [0, 0.1) is 0 Å². The molecular formula is C24H20Cl3NO. The van der Waals surface area contributed by atoms with Crippen molar-refractivity contribution in [1.82, 2.24) is 5.32 Å². The number of ether oxygens (including phenoxy) is 1. The second-order valence-electron chi connectivity index (χ2n) is 7.72. The van der Waals surface area contributed by atoms with Gasteiger partial charge in [-0.1, -0.05) is 65.1 Å². The first-order valence-electron chi connectivity index (χ1n) is 9.83. The summed E-state index contributed by atoms with van der Waals surface area (Å²) in [6, 6.07) is 18.3. The van der Waals surface area contributed by atoms with Crippen LogP contribution < -0.4 is 10.1 Å². The van der Waals surface area contributed by atoms with E-state index in [0.717, 1.165) is 42.8 Å². The monoisotopic (exact) mass is 443 g/mol. The quantitative estimate of drug-likeness (QED) is 0.483. The van der Waals surface area contributed by atoms with E-state index >= 15 is 0 Å². The fourth-order valence-electron chi connectivity index (χ4n) is 4.48. The van der Waals surface area contributed by atoms with Crippen LogP contribution >= 0.6 is 34.8 Å². The number of rotatable bonds is 3. The molecule has 0 aromatic heterocycles. The van der Waals surface area contributed by atoms with Gasteiger partial charge in [-0.25, -0.2) is 0 Å². The summed E-state index contributed by atoms with van der Waals surface area (Å²) in [6.45, 7) is 1.92. The first kappa shape index (κ1) is 19.3. The van der Waals surface area contributed by atoms with Crippen LogP contribution in [0.25, 0.3) is 11.1 Å². The molecule has 1 fully saturated rings. The third-order valence-electron chi connectivity index (χ3n) is 5.81. The molecule has 2 aliphatic heterocycles. The van der Waals surface area contributed by atoms with Gasteiger partial charge in [-0.3, -0.25) is 0 Å². The van der Waals surface area contributed by atoms with Crippen molar-refractivity contribution in [2.75, 3.05) is 13.1 Å². The summed E-state index contributed by atoms with van der Waals surface area (Å²) in [4.78, 5) is 0. The van der Waals surface area contributed by atoms with E-state index in [9.17, 15) is 0 Å². The zero-order chi connectivity index (χ0) is 20.0. The summed E-state index contributed by atoms with van der Waals surface area (Å²) >= 11 is 19.3. The highest BCUT2D eigenvalue weighted by Crippen LogP contribution is 2.47. The van der Waals surface area contributed by atoms with Gasteiger partial charge in [0.05, 0.1) is 10.0 Å². The Morgan fingerprint density at radius 2 is 1.72 bits per heavy atom. The lowest BCUT2D eigenvalue weighted by atomic mass is 9.87. The zero-order valence-electron chi connectivity index (χ0n) is 15.7. The van der Waals surface area contributed by atoms with Gasteiger partial charge in [-0.2, -0.15) is 0 Å². The van der Waals surface area contributed by atoms with E-state index in [-0.39, 0.29) is 6.10 Å². The van der Waals surface area contributed by atoms with Crippen molar-refractivity contribution in [3.63, 3.8) is 0 Å². The molecule has 0 radical (unpaired) electrons. The molecule has 2 aliphatic rings. The highest BCUT2D eigenvalue weighted by Gasteiger charge is 2.38. The van der Waals surface area contributed by atoms with Crippen molar-refractivity contribution >= 4 is 34.8 Å². The summed E-state index contributed by atoms with van der Waals surface area (Å²) in [7, 11) is 0. The van der Waals surface area contributed by atoms with E-state index in [1.807, 2.05) is 6.07 Å². The smallest absolute Gasteiger partial charge is 0.126 e. The molecule has 0 saturated carbocycles. The number of nitrogens with one attached hydrogen (secondary N) is 1. The molecule has 5 rings (SSSR count). The average Bonchev–Trinajstić information content (AvgIpc) is 3.07. The van der Waals surface area contributed by atoms with Crippen molar-refractivity contribution in [3.8, 4) is 16.9 Å². The Hall–Kier alpha value is -1.71. The Labute approximate surface area is 185 Å². The van der Waals surface area contributed by atoms with Crippen LogP contribution in [0.2, 0.25) is 15.1 Å². The van der Waals surface area contributed by atoms with Crippen LogP contribution in [0.4, 0.5) is 0 Å². The molecule has 3 aromatic carbocycles. The summed E-state index contributed by atoms with van der Waals surface area (Å²) in [6.07, 6.45) is 2.04. The largest absolute Gasteiger partial charge is 0.489 e. The minimum Gasteiger partial charge on any atom is -0.489 e. The number of hydrogen-bond acceptors (Lipinski definition) is 2. The SMILES string of the molecule is Clc1cc(Cl)c(-c2cc(Cc3ccccc3)c3c(c2)[C@@H]2CNCC[C@@H]2O3)c(Cl)c1. The third kappa shape index (κ3) is 3.64. The molecule has 29 heavy (non-hydrogen) atoms. The van der Waals surface area contributed by atoms with Crippen molar-refractivity contribution in [2.45, 2.75) is 24.9 Å². The summed E-state index contributed by atoms with van der Waals surface area (Å²) < 4.78 is 6.46.